The smallest absolute Gasteiger partial charge is 0.220 e. The van der Waals surface area contributed by atoms with Crippen molar-refractivity contribution in [1.29, 1.82) is 0 Å². The molecule has 1 aromatic carbocycles. The summed E-state index contributed by atoms with van der Waals surface area (Å²) < 4.78 is 13.9. The molecule has 0 unspecified atom stereocenters. The van der Waals surface area contributed by atoms with Crippen molar-refractivity contribution in [3.8, 4) is 0 Å². The van der Waals surface area contributed by atoms with Crippen molar-refractivity contribution in [2.24, 2.45) is 0 Å². The summed E-state index contributed by atoms with van der Waals surface area (Å²) in [4.78, 5) is 11.8. The zero-order valence-corrected chi connectivity index (χ0v) is 12.1. The third-order valence-corrected chi connectivity index (χ3v) is 4.23. The second-order valence-corrected chi connectivity index (χ2v) is 5.76. The molecule has 1 aliphatic carbocycles. The predicted octanol–water partition coefficient (Wildman–Crippen LogP) is 2.55. The number of nitrogens with one attached hydrogen (secondary N) is 1. The minimum atomic E-state index is -0.426. The van der Waals surface area contributed by atoms with Crippen LogP contribution < -0.4 is 5.32 Å². The molecule has 1 amide bonds. The molecule has 0 radical (unpaired) electrons. The Kier molecular flexibility index (Phi) is 4.93. The third kappa shape index (κ3) is 4.01. The van der Waals surface area contributed by atoms with Crippen molar-refractivity contribution in [2.45, 2.75) is 44.2 Å². The van der Waals surface area contributed by atoms with E-state index in [9.17, 15) is 14.3 Å². The molecular formula is C14H17BrFNO2. The fraction of sp³-hybridized carbons (Fsp3) is 0.500. The summed E-state index contributed by atoms with van der Waals surface area (Å²) in [5, 5.41) is 12.5. The molecule has 0 spiro atoms. The molecule has 5 heteroatoms. The van der Waals surface area contributed by atoms with Gasteiger partial charge in [0.1, 0.15) is 5.82 Å². The summed E-state index contributed by atoms with van der Waals surface area (Å²) in [5.41, 5.74) is 0.780. The number of carbonyl (C=O) groups is 1. The molecule has 104 valence electrons. The predicted molar refractivity (Wildman–Crippen MR) is 74.2 cm³/mol. The molecule has 3 nitrogen and oxygen atoms in total. The average Bonchev–Trinajstić information content (AvgIpc) is 2.76. The highest BCUT2D eigenvalue weighted by Gasteiger charge is 2.26. The number of benzene rings is 1. The third-order valence-electron chi connectivity index (χ3n) is 3.46. The molecule has 1 fully saturated rings. The molecule has 0 aliphatic heterocycles. The van der Waals surface area contributed by atoms with Crippen molar-refractivity contribution in [1.82, 2.24) is 5.32 Å². The maximum absolute atomic E-state index is 13.1. The van der Waals surface area contributed by atoms with E-state index < -0.39 is 6.10 Å². The Labute approximate surface area is 120 Å². The van der Waals surface area contributed by atoms with Gasteiger partial charge in [-0.2, -0.15) is 0 Å². The summed E-state index contributed by atoms with van der Waals surface area (Å²) in [7, 11) is 0. The Balaban J connectivity index is 1.84. The van der Waals surface area contributed by atoms with E-state index >= 15 is 0 Å². The van der Waals surface area contributed by atoms with Crippen LogP contribution in [0.3, 0.4) is 0 Å². The number of aryl methyl sites for hydroxylation is 1. The zero-order valence-electron chi connectivity index (χ0n) is 10.5. The van der Waals surface area contributed by atoms with Gasteiger partial charge in [-0.05, 0) is 49.4 Å². The van der Waals surface area contributed by atoms with E-state index in [0.717, 1.165) is 29.3 Å². The normalized spacial score (nSPS) is 22.5. The highest BCUT2D eigenvalue weighted by atomic mass is 79.9. The highest BCUT2D eigenvalue weighted by Crippen LogP contribution is 2.21. The molecule has 0 heterocycles. The molecule has 2 N–H and O–H groups in total. The van der Waals surface area contributed by atoms with E-state index in [2.05, 4.69) is 21.2 Å². The molecule has 0 bridgehead atoms. The number of aliphatic hydroxyl groups is 1. The van der Waals surface area contributed by atoms with Gasteiger partial charge in [0, 0.05) is 10.9 Å². The maximum Gasteiger partial charge on any atom is 0.220 e. The van der Waals surface area contributed by atoms with Gasteiger partial charge in [0.05, 0.1) is 12.1 Å². The highest BCUT2D eigenvalue weighted by molar-refractivity contribution is 9.10. The van der Waals surface area contributed by atoms with E-state index in [1.54, 1.807) is 6.07 Å². The molecule has 1 saturated carbocycles. The summed E-state index contributed by atoms with van der Waals surface area (Å²) in [6, 6.07) is 4.33. The Morgan fingerprint density at radius 3 is 2.95 bits per heavy atom. The number of hydrogen-bond acceptors (Lipinski definition) is 2. The fourth-order valence-corrected chi connectivity index (χ4v) is 2.82. The Morgan fingerprint density at radius 2 is 2.26 bits per heavy atom. The van der Waals surface area contributed by atoms with Gasteiger partial charge in [0.2, 0.25) is 5.91 Å². The molecule has 2 rings (SSSR count). The Bertz CT molecular complexity index is 467. The molecule has 2 atom stereocenters. The van der Waals surface area contributed by atoms with E-state index in [4.69, 9.17) is 0 Å². The lowest BCUT2D eigenvalue weighted by Gasteiger charge is -2.16. The first-order chi connectivity index (χ1) is 9.06. The van der Waals surface area contributed by atoms with Gasteiger partial charge in [0.25, 0.3) is 0 Å². The summed E-state index contributed by atoms with van der Waals surface area (Å²) >= 11 is 3.34. The van der Waals surface area contributed by atoms with Crippen LogP contribution in [0.2, 0.25) is 0 Å². The Hall–Kier alpha value is -0.940. The lowest BCUT2D eigenvalue weighted by Crippen LogP contribution is -2.39. The molecular weight excluding hydrogens is 313 g/mol. The number of hydrogen-bond donors (Lipinski definition) is 2. The Morgan fingerprint density at radius 1 is 1.47 bits per heavy atom. The van der Waals surface area contributed by atoms with E-state index in [-0.39, 0.29) is 17.8 Å². The summed E-state index contributed by atoms with van der Waals surface area (Å²) in [6.45, 7) is 0. The second-order valence-electron chi connectivity index (χ2n) is 4.91. The first-order valence-corrected chi connectivity index (χ1v) is 7.27. The van der Waals surface area contributed by atoms with Crippen molar-refractivity contribution in [3.63, 3.8) is 0 Å². The van der Waals surface area contributed by atoms with Gasteiger partial charge >= 0.3 is 0 Å². The van der Waals surface area contributed by atoms with Gasteiger partial charge in [-0.25, -0.2) is 4.39 Å². The monoisotopic (exact) mass is 329 g/mol. The molecule has 1 aliphatic rings. The first-order valence-electron chi connectivity index (χ1n) is 6.47. The van der Waals surface area contributed by atoms with Crippen LogP contribution in [-0.4, -0.2) is 23.2 Å². The summed E-state index contributed by atoms with van der Waals surface area (Å²) in [5.74, 6) is -0.396. The van der Waals surface area contributed by atoms with Gasteiger partial charge in [-0.1, -0.05) is 15.9 Å². The lowest BCUT2D eigenvalue weighted by molar-refractivity contribution is -0.122. The van der Waals surface area contributed by atoms with Crippen molar-refractivity contribution in [3.05, 3.63) is 34.1 Å². The zero-order chi connectivity index (χ0) is 13.8. The van der Waals surface area contributed by atoms with Crippen LogP contribution >= 0.6 is 15.9 Å². The van der Waals surface area contributed by atoms with Crippen LogP contribution in [0.15, 0.2) is 22.7 Å². The topological polar surface area (TPSA) is 49.3 Å². The van der Waals surface area contributed by atoms with Crippen molar-refractivity contribution >= 4 is 21.8 Å². The lowest BCUT2D eigenvalue weighted by atomic mass is 10.1. The van der Waals surface area contributed by atoms with Gasteiger partial charge in [-0.3, -0.25) is 4.79 Å². The minimum absolute atomic E-state index is 0.0953. The molecule has 1 aromatic rings. The van der Waals surface area contributed by atoms with Gasteiger partial charge in [-0.15, -0.1) is 0 Å². The van der Waals surface area contributed by atoms with Gasteiger partial charge in [0.15, 0.2) is 0 Å². The summed E-state index contributed by atoms with van der Waals surface area (Å²) in [6.07, 6.45) is 2.88. The average molecular weight is 330 g/mol. The van der Waals surface area contributed by atoms with Crippen LogP contribution in [0.4, 0.5) is 4.39 Å². The second kappa shape index (κ2) is 6.48. The number of amides is 1. The molecule has 0 aromatic heterocycles. The number of aliphatic hydroxyl groups excluding tert-OH is 1. The maximum atomic E-state index is 13.1. The van der Waals surface area contributed by atoms with Crippen LogP contribution in [0, 0.1) is 5.82 Å². The first kappa shape index (κ1) is 14.5. The molecule has 0 saturated heterocycles. The van der Waals surface area contributed by atoms with E-state index in [1.807, 2.05) is 0 Å². The SMILES string of the molecule is O=C(CCc1cc(F)ccc1Br)N[C@@H]1CCC[C@@H]1O. The number of rotatable bonds is 4. The minimum Gasteiger partial charge on any atom is -0.391 e. The van der Waals surface area contributed by atoms with Crippen molar-refractivity contribution < 1.29 is 14.3 Å². The largest absolute Gasteiger partial charge is 0.391 e. The van der Waals surface area contributed by atoms with Gasteiger partial charge < -0.3 is 10.4 Å². The van der Waals surface area contributed by atoms with Crippen LogP contribution in [0.5, 0.6) is 0 Å². The van der Waals surface area contributed by atoms with Crippen molar-refractivity contribution in [2.75, 3.05) is 0 Å². The fourth-order valence-electron chi connectivity index (χ4n) is 2.37. The van der Waals surface area contributed by atoms with E-state index in [1.165, 1.54) is 12.1 Å². The van der Waals surface area contributed by atoms with E-state index in [0.29, 0.717) is 12.8 Å². The number of carbonyl (C=O) groups excluding carboxylic acids is 1. The van der Waals surface area contributed by atoms with Crippen LogP contribution in [-0.2, 0) is 11.2 Å². The van der Waals surface area contributed by atoms with Crippen LogP contribution in [0.25, 0.3) is 0 Å². The van der Waals surface area contributed by atoms with Crippen LogP contribution in [0.1, 0.15) is 31.2 Å². The quantitative estimate of drug-likeness (QED) is 0.891. The number of halogens is 2. The standard InChI is InChI=1S/C14H17BrFNO2/c15-11-6-5-10(16)8-9(11)4-7-14(19)17-12-2-1-3-13(12)18/h5-6,8,12-13,18H,1-4,7H2,(H,17,19)/t12-,13+/m1/s1. The molecule has 19 heavy (non-hydrogen) atoms.